The molecule has 0 heterocycles. The van der Waals surface area contributed by atoms with Crippen LogP contribution in [0.2, 0.25) is 5.82 Å². The molecule has 2 saturated carbocycles. The summed E-state index contributed by atoms with van der Waals surface area (Å²) in [5, 5.41) is 28.6. The summed E-state index contributed by atoms with van der Waals surface area (Å²) < 4.78 is 0. The van der Waals surface area contributed by atoms with Crippen LogP contribution in [0.15, 0.2) is 48.5 Å². The molecule has 0 saturated heterocycles. The van der Waals surface area contributed by atoms with Crippen LogP contribution < -0.4 is 5.32 Å². The van der Waals surface area contributed by atoms with Crippen LogP contribution in [0.4, 0.5) is 0 Å². The van der Waals surface area contributed by atoms with E-state index in [9.17, 15) is 29.4 Å². The Balaban J connectivity index is 1.48. The summed E-state index contributed by atoms with van der Waals surface area (Å²) >= 11 is 0. The van der Waals surface area contributed by atoms with Crippen molar-refractivity contribution in [2.45, 2.75) is 76.1 Å². The van der Waals surface area contributed by atoms with Crippen LogP contribution >= 0.6 is 0 Å². The monoisotopic (exact) mass is 587 g/mol. The molecule has 3 N–H and O–H groups in total. The van der Waals surface area contributed by atoms with E-state index >= 15 is 0 Å². The van der Waals surface area contributed by atoms with Gasteiger partial charge >= 0.3 is 11.9 Å². The van der Waals surface area contributed by atoms with E-state index < -0.39 is 11.9 Å². The maximum atomic E-state index is 13.8. The maximum absolute atomic E-state index is 13.8. The highest BCUT2D eigenvalue weighted by atomic mass is 16.4. The number of carboxylic acid groups (broad SMARTS) is 2. The molecule has 7 nitrogen and oxygen atoms in total. The molecule has 5 aromatic rings. The maximum Gasteiger partial charge on any atom is 0.336 e. The van der Waals surface area contributed by atoms with Gasteiger partial charge in [0.05, 0.1) is 11.1 Å². The molecular weight excluding hydrogens is 553 g/mol. The Labute approximate surface area is 255 Å². The van der Waals surface area contributed by atoms with Gasteiger partial charge in [-0.3, -0.25) is 4.79 Å². The third kappa shape index (κ3) is 4.68. The number of carbonyl (C=O) groups is 4. The van der Waals surface area contributed by atoms with Crippen molar-refractivity contribution in [3.8, 4) is 0 Å². The van der Waals surface area contributed by atoms with Crippen molar-refractivity contribution < 1.29 is 29.4 Å². The van der Waals surface area contributed by atoms with E-state index in [1.165, 1.54) is 12.5 Å². The van der Waals surface area contributed by atoms with E-state index in [4.69, 9.17) is 0 Å². The lowest BCUT2D eigenvalue weighted by atomic mass is 9.54. The summed E-state index contributed by atoms with van der Waals surface area (Å²) in [6.45, 7) is 0. The Morgan fingerprint density at radius 3 is 1.48 bits per heavy atom. The fourth-order valence-corrected chi connectivity index (χ4v) is 7.94. The van der Waals surface area contributed by atoms with Crippen LogP contribution in [0, 0.1) is 0 Å². The second kappa shape index (κ2) is 11.2. The standard InChI is InChI=1S/C36H34BNO6/c39-33(37-19-7-3-1-4-8-19)25-15-11-21-24-14-18-28(36(43)44)32-26(34(40)38-20-9-5-2-6-10-20)16-12-22(30(24)32)23-13-17-27(35(41)42)31(25)29(21)23/h11-20,37H,1-10H2,(H,38,40)(H,41,42)(H,43,44). The number of carbonyl (C=O) groups excluding carboxylic acids is 2. The zero-order chi connectivity index (χ0) is 30.5. The van der Waals surface area contributed by atoms with Crippen LogP contribution in [-0.4, -0.2) is 47.1 Å². The van der Waals surface area contributed by atoms with Gasteiger partial charge in [0, 0.05) is 27.9 Å². The molecular formula is C36H34BNO6. The SMILES string of the molecule is O=C(O)c1ccc2c3ccc(C(=O)NC4CCCCC4)c4c(C(=O)O)ccc(c5ccc(C(=O)BC6CCCCC6)c1c52)c43. The van der Waals surface area contributed by atoms with Gasteiger partial charge in [-0.1, -0.05) is 87.5 Å². The number of fused-ring (bicyclic) bond motifs is 2. The minimum atomic E-state index is -1.12. The van der Waals surface area contributed by atoms with E-state index in [1.807, 2.05) is 12.1 Å². The molecule has 44 heavy (non-hydrogen) atoms. The number of aromatic carboxylic acids is 2. The molecule has 2 aliphatic rings. The molecule has 0 bridgehead atoms. The number of nitrogens with one attached hydrogen (secondary N) is 1. The molecule has 7 rings (SSSR count). The van der Waals surface area contributed by atoms with Crippen LogP contribution in [0.5, 0.6) is 0 Å². The van der Waals surface area contributed by atoms with Gasteiger partial charge in [-0.15, -0.1) is 0 Å². The summed E-state index contributed by atoms with van der Waals surface area (Å²) in [5.41, 5.74) is 0.798. The predicted octanol–water partition coefficient (Wildman–Crippen LogP) is 7.53. The van der Waals surface area contributed by atoms with Crippen molar-refractivity contribution in [2.24, 2.45) is 0 Å². The summed E-state index contributed by atoms with van der Waals surface area (Å²) in [4.78, 5) is 52.5. The van der Waals surface area contributed by atoms with E-state index in [2.05, 4.69) is 5.32 Å². The molecule has 0 spiro atoms. The molecule has 1 amide bonds. The van der Waals surface area contributed by atoms with Gasteiger partial charge in [0.25, 0.3) is 5.91 Å². The van der Waals surface area contributed by atoms with Crippen LogP contribution in [0.25, 0.3) is 43.1 Å². The fraction of sp³-hybridized carbons (Fsp3) is 0.333. The van der Waals surface area contributed by atoms with E-state index in [1.54, 1.807) is 30.3 Å². The lowest BCUT2D eigenvalue weighted by Gasteiger charge is -2.24. The summed E-state index contributed by atoms with van der Waals surface area (Å²) in [6.07, 6.45) is 10.5. The van der Waals surface area contributed by atoms with Crippen molar-refractivity contribution in [1.82, 2.24) is 5.32 Å². The second-order valence-electron chi connectivity index (χ2n) is 12.7. The van der Waals surface area contributed by atoms with Crippen molar-refractivity contribution in [3.05, 3.63) is 70.8 Å². The minimum absolute atomic E-state index is 0.0422. The molecule has 0 aliphatic heterocycles. The number of rotatable bonds is 7. The Hall–Kier alpha value is -4.46. The van der Waals surface area contributed by atoms with Crippen molar-refractivity contribution >= 4 is 73.9 Å². The Morgan fingerprint density at radius 1 is 0.545 bits per heavy atom. The van der Waals surface area contributed by atoms with Crippen LogP contribution in [0.3, 0.4) is 0 Å². The first-order chi connectivity index (χ1) is 21.3. The van der Waals surface area contributed by atoms with Gasteiger partial charge in [-0.2, -0.15) is 0 Å². The van der Waals surface area contributed by atoms with E-state index in [0.29, 0.717) is 45.8 Å². The van der Waals surface area contributed by atoms with E-state index in [-0.39, 0.29) is 28.8 Å². The quantitative estimate of drug-likeness (QED) is 0.103. The first-order valence-electron chi connectivity index (χ1n) is 15.8. The fourth-order valence-electron chi connectivity index (χ4n) is 7.94. The number of carboxylic acids is 2. The highest BCUT2D eigenvalue weighted by Gasteiger charge is 2.28. The number of amides is 1. The van der Waals surface area contributed by atoms with Gasteiger partial charge in [-0.05, 0) is 63.4 Å². The Bertz CT molecular complexity index is 1820. The van der Waals surface area contributed by atoms with Crippen molar-refractivity contribution in [2.75, 3.05) is 0 Å². The second-order valence-corrected chi connectivity index (χ2v) is 12.7. The third-order valence-corrected chi connectivity index (χ3v) is 10.0. The average Bonchev–Trinajstić information content (AvgIpc) is 3.03. The van der Waals surface area contributed by atoms with E-state index in [0.717, 1.165) is 79.3 Å². The smallest absolute Gasteiger partial charge is 0.336 e. The molecule has 2 fully saturated rings. The number of hydrogen-bond acceptors (Lipinski definition) is 4. The molecule has 8 heteroatoms. The Kier molecular flexibility index (Phi) is 7.23. The molecule has 5 aromatic carbocycles. The lowest BCUT2D eigenvalue weighted by Crippen LogP contribution is -2.36. The topological polar surface area (TPSA) is 121 Å². The minimum Gasteiger partial charge on any atom is -0.478 e. The zero-order valence-electron chi connectivity index (χ0n) is 24.6. The molecule has 0 unspecified atom stereocenters. The first-order valence-corrected chi connectivity index (χ1v) is 15.8. The lowest BCUT2D eigenvalue weighted by molar-refractivity contribution is 0.0688. The predicted molar refractivity (Wildman–Crippen MR) is 174 cm³/mol. The molecule has 0 atom stereocenters. The van der Waals surface area contributed by atoms with Crippen molar-refractivity contribution in [3.63, 3.8) is 0 Å². The summed E-state index contributed by atoms with van der Waals surface area (Å²) in [5.74, 6) is -2.21. The summed E-state index contributed by atoms with van der Waals surface area (Å²) in [7, 11) is 0.394. The number of hydrogen-bond donors (Lipinski definition) is 3. The molecule has 222 valence electrons. The van der Waals surface area contributed by atoms with Crippen LogP contribution in [-0.2, 0) is 0 Å². The molecule has 2 aliphatic carbocycles. The zero-order valence-corrected chi connectivity index (χ0v) is 24.6. The largest absolute Gasteiger partial charge is 0.478 e. The van der Waals surface area contributed by atoms with Crippen molar-refractivity contribution in [1.29, 1.82) is 0 Å². The van der Waals surface area contributed by atoms with Gasteiger partial charge in [0.1, 0.15) is 5.68 Å². The first kappa shape index (κ1) is 28.3. The third-order valence-electron chi connectivity index (χ3n) is 10.0. The number of benzene rings is 5. The summed E-state index contributed by atoms with van der Waals surface area (Å²) in [6, 6.07) is 13.7. The van der Waals surface area contributed by atoms with Gasteiger partial charge < -0.3 is 20.3 Å². The van der Waals surface area contributed by atoms with Crippen LogP contribution in [0.1, 0.15) is 106 Å². The van der Waals surface area contributed by atoms with Gasteiger partial charge in [-0.25, -0.2) is 9.59 Å². The average molecular weight is 587 g/mol. The highest BCUT2D eigenvalue weighted by molar-refractivity contribution is 6.79. The highest BCUT2D eigenvalue weighted by Crippen LogP contribution is 2.44. The van der Waals surface area contributed by atoms with Gasteiger partial charge in [0.2, 0.25) is 7.28 Å². The van der Waals surface area contributed by atoms with Gasteiger partial charge in [0.15, 0.2) is 0 Å². The molecule has 0 aromatic heterocycles. The molecule has 0 radical (unpaired) electrons. The Morgan fingerprint density at radius 2 is 0.977 bits per heavy atom. The normalized spacial score (nSPS) is 16.5.